The van der Waals surface area contributed by atoms with Gasteiger partial charge in [-0.05, 0) is 20.5 Å². The average molecular weight is 163 g/mol. The van der Waals surface area contributed by atoms with Crippen LogP contribution in [0.3, 0.4) is 0 Å². The third-order valence-corrected chi connectivity index (χ3v) is 1.18. The van der Waals surface area contributed by atoms with Gasteiger partial charge in [-0.3, -0.25) is 5.32 Å². The van der Waals surface area contributed by atoms with E-state index in [1.54, 1.807) is 13.8 Å². The fourth-order valence-corrected chi connectivity index (χ4v) is 0.685. The highest BCUT2D eigenvalue weighted by Crippen LogP contribution is 2.05. The molecule has 0 aliphatic carbocycles. The Bertz CT molecular complexity index is 102. The Kier molecular flexibility index (Phi) is 4.55. The molecule has 1 unspecified atom stereocenters. The summed E-state index contributed by atoms with van der Waals surface area (Å²) in [4.78, 5) is 0. The first-order chi connectivity index (χ1) is 5.06. The minimum Gasteiger partial charge on any atom is -0.781 e. The second-order valence-electron chi connectivity index (χ2n) is 2.07. The van der Waals surface area contributed by atoms with Gasteiger partial charge in [0.1, 0.15) is 0 Å². The van der Waals surface area contributed by atoms with Crippen LogP contribution in [0, 0.1) is 5.21 Å². The molecule has 1 atom stereocenters. The Labute approximate surface area is 66.5 Å². The lowest BCUT2D eigenvalue weighted by atomic mass is 10.6. The summed E-state index contributed by atoms with van der Waals surface area (Å²) in [5, 5.41) is 22.9. The van der Waals surface area contributed by atoms with Crippen molar-refractivity contribution < 1.29 is 9.84 Å². The van der Waals surface area contributed by atoms with Crippen LogP contribution in [0.5, 0.6) is 0 Å². The van der Waals surface area contributed by atoms with E-state index in [4.69, 9.17) is 4.74 Å². The van der Waals surface area contributed by atoms with E-state index in [1.165, 1.54) is 7.05 Å². The van der Waals surface area contributed by atoms with Gasteiger partial charge in [-0.15, -0.1) is 0 Å². The van der Waals surface area contributed by atoms with Crippen LogP contribution in [0.15, 0.2) is 0 Å². The smallest absolute Gasteiger partial charge is 0.279 e. The lowest BCUT2D eigenvalue weighted by Crippen LogP contribution is -2.57. The minimum atomic E-state index is -1.87. The van der Waals surface area contributed by atoms with Crippen molar-refractivity contribution in [3.8, 4) is 0 Å². The largest absolute Gasteiger partial charge is 0.781 e. The number of hydrogen-bond donors (Lipinski definition) is 2. The Hall–Kier alpha value is -0.200. The molecule has 0 rings (SSSR count). The van der Waals surface area contributed by atoms with E-state index >= 15 is 0 Å². The number of hydroxylamine groups is 2. The number of aliphatic hydroxyl groups is 1. The molecule has 0 radical (unpaired) electrons. The fourth-order valence-electron chi connectivity index (χ4n) is 0.685. The SMILES string of the molecule is CCNC(O)(OCC)N(C)[O-]. The van der Waals surface area contributed by atoms with Gasteiger partial charge in [-0.25, -0.2) is 0 Å². The average Bonchev–Trinajstić information content (AvgIpc) is 1.88. The van der Waals surface area contributed by atoms with E-state index in [-0.39, 0.29) is 6.61 Å². The molecule has 0 heterocycles. The highest BCUT2D eigenvalue weighted by Gasteiger charge is 2.25. The zero-order chi connectivity index (χ0) is 8.91. The van der Waals surface area contributed by atoms with E-state index in [2.05, 4.69) is 5.32 Å². The molecule has 0 saturated carbocycles. The van der Waals surface area contributed by atoms with Crippen LogP contribution in [-0.4, -0.2) is 36.4 Å². The van der Waals surface area contributed by atoms with Crippen LogP contribution >= 0.6 is 0 Å². The molecule has 0 amide bonds. The van der Waals surface area contributed by atoms with Crippen molar-refractivity contribution >= 4 is 0 Å². The van der Waals surface area contributed by atoms with E-state index < -0.39 is 6.03 Å². The molecule has 5 heteroatoms. The molecule has 11 heavy (non-hydrogen) atoms. The van der Waals surface area contributed by atoms with Gasteiger partial charge in [0, 0.05) is 6.61 Å². The summed E-state index contributed by atoms with van der Waals surface area (Å²) < 4.78 is 4.79. The second-order valence-corrected chi connectivity index (χ2v) is 2.07. The van der Waals surface area contributed by atoms with Crippen LogP contribution in [0.2, 0.25) is 0 Å². The number of hydrogen-bond acceptors (Lipinski definition) is 5. The highest BCUT2D eigenvalue weighted by molar-refractivity contribution is 4.62. The number of nitrogens with zero attached hydrogens (tertiary/aromatic N) is 1. The normalized spacial score (nSPS) is 16.9. The van der Waals surface area contributed by atoms with Gasteiger partial charge in [0.05, 0.1) is 0 Å². The molecule has 0 bridgehead atoms. The predicted octanol–water partition coefficient (Wildman–Crippen LogP) is -0.334. The summed E-state index contributed by atoms with van der Waals surface area (Å²) in [5.74, 6) is 0. The first-order valence-electron chi connectivity index (χ1n) is 3.59. The maximum Gasteiger partial charge on any atom is 0.279 e. The minimum absolute atomic E-state index is 0.274. The molecule has 0 saturated heterocycles. The third-order valence-electron chi connectivity index (χ3n) is 1.18. The van der Waals surface area contributed by atoms with Crippen molar-refractivity contribution in [1.82, 2.24) is 10.4 Å². The standard InChI is InChI=1S/C6H15N2O3/c1-4-7-6(9,8(3)10)11-5-2/h7,9H,4-5H2,1-3H3/q-1. The first kappa shape index (κ1) is 10.8. The van der Waals surface area contributed by atoms with Crippen LogP contribution in [0.1, 0.15) is 13.8 Å². The number of rotatable bonds is 5. The molecule has 2 N–H and O–H groups in total. The molecule has 0 aromatic carbocycles. The summed E-state index contributed by atoms with van der Waals surface area (Å²) in [5.41, 5.74) is 0. The number of ether oxygens (including phenoxy) is 1. The van der Waals surface area contributed by atoms with Crippen molar-refractivity contribution in [1.29, 1.82) is 0 Å². The Morgan fingerprint density at radius 1 is 1.64 bits per heavy atom. The summed E-state index contributed by atoms with van der Waals surface area (Å²) in [6.07, 6.45) is 0. The van der Waals surface area contributed by atoms with E-state index in [0.717, 1.165) is 0 Å². The van der Waals surface area contributed by atoms with Gasteiger partial charge in [0.25, 0.3) is 6.03 Å². The van der Waals surface area contributed by atoms with Crippen LogP contribution in [0.25, 0.3) is 0 Å². The monoisotopic (exact) mass is 163 g/mol. The van der Waals surface area contributed by atoms with Crippen molar-refractivity contribution in [2.75, 3.05) is 20.2 Å². The predicted molar refractivity (Wildman–Crippen MR) is 41.4 cm³/mol. The van der Waals surface area contributed by atoms with Crippen molar-refractivity contribution in [3.63, 3.8) is 0 Å². The maximum absolute atomic E-state index is 10.7. The molecule has 68 valence electrons. The highest BCUT2D eigenvalue weighted by atomic mass is 16.7. The third kappa shape index (κ3) is 3.13. The van der Waals surface area contributed by atoms with Gasteiger partial charge in [-0.1, -0.05) is 6.92 Å². The van der Waals surface area contributed by atoms with Gasteiger partial charge in [0.15, 0.2) is 0 Å². The topological polar surface area (TPSA) is 67.8 Å². The number of nitrogens with one attached hydrogen (secondary N) is 1. The fraction of sp³-hybridized carbons (Fsp3) is 1.00. The Morgan fingerprint density at radius 3 is 2.45 bits per heavy atom. The van der Waals surface area contributed by atoms with Crippen LogP contribution in [0.4, 0.5) is 0 Å². The maximum atomic E-state index is 10.7. The van der Waals surface area contributed by atoms with Crippen LogP contribution < -0.4 is 5.32 Å². The van der Waals surface area contributed by atoms with Crippen molar-refractivity contribution in [3.05, 3.63) is 5.21 Å². The first-order valence-corrected chi connectivity index (χ1v) is 3.59. The van der Waals surface area contributed by atoms with Gasteiger partial charge in [0.2, 0.25) is 0 Å². The van der Waals surface area contributed by atoms with E-state index in [0.29, 0.717) is 11.6 Å². The van der Waals surface area contributed by atoms with Gasteiger partial charge < -0.3 is 20.1 Å². The molecule has 0 aliphatic heterocycles. The molecule has 0 aromatic rings. The van der Waals surface area contributed by atoms with Crippen LogP contribution in [-0.2, 0) is 4.74 Å². The Balaban J connectivity index is 4.01. The van der Waals surface area contributed by atoms with Crippen molar-refractivity contribution in [2.45, 2.75) is 19.9 Å². The van der Waals surface area contributed by atoms with Crippen molar-refractivity contribution in [2.24, 2.45) is 0 Å². The van der Waals surface area contributed by atoms with Gasteiger partial charge in [-0.2, -0.15) is 0 Å². The summed E-state index contributed by atoms with van der Waals surface area (Å²) in [6, 6.07) is -1.87. The molecule has 0 aromatic heterocycles. The summed E-state index contributed by atoms with van der Waals surface area (Å²) in [7, 11) is 1.19. The molecule has 5 nitrogen and oxygen atoms in total. The summed E-state index contributed by atoms with van der Waals surface area (Å²) in [6.45, 7) is 4.21. The molecule has 0 fully saturated rings. The Morgan fingerprint density at radius 2 is 2.18 bits per heavy atom. The quantitative estimate of drug-likeness (QED) is 0.429. The molecular formula is C6H15N2O3-. The van der Waals surface area contributed by atoms with Gasteiger partial charge >= 0.3 is 0 Å². The lowest BCUT2D eigenvalue weighted by Gasteiger charge is -2.40. The molecule has 0 spiro atoms. The van der Waals surface area contributed by atoms with E-state index in [9.17, 15) is 10.3 Å². The zero-order valence-corrected chi connectivity index (χ0v) is 7.13. The second kappa shape index (κ2) is 4.63. The molecule has 0 aliphatic rings. The zero-order valence-electron chi connectivity index (χ0n) is 7.13. The lowest BCUT2D eigenvalue weighted by molar-refractivity contribution is -0.291. The molecular weight excluding hydrogens is 148 g/mol. The van der Waals surface area contributed by atoms with E-state index in [1.807, 2.05) is 0 Å². The summed E-state index contributed by atoms with van der Waals surface area (Å²) >= 11 is 0.